The van der Waals surface area contributed by atoms with Crippen molar-refractivity contribution in [1.82, 2.24) is 10.6 Å². The SMILES string of the molecule is CCC(C)(C)C(=O)NCCC1CCCN1. The summed E-state index contributed by atoms with van der Waals surface area (Å²) in [4.78, 5) is 11.7. The van der Waals surface area contributed by atoms with Crippen LogP contribution in [0.2, 0.25) is 0 Å². The lowest BCUT2D eigenvalue weighted by Gasteiger charge is -2.22. The Hall–Kier alpha value is -0.570. The van der Waals surface area contributed by atoms with Gasteiger partial charge < -0.3 is 10.6 Å². The third-order valence-corrected chi connectivity index (χ3v) is 3.44. The molecule has 88 valence electrons. The summed E-state index contributed by atoms with van der Waals surface area (Å²) in [5, 5.41) is 6.45. The van der Waals surface area contributed by atoms with Crippen molar-refractivity contribution < 1.29 is 4.79 Å². The molecule has 0 aromatic heterocycles. The topological polar surface area (TPSA) is 41.1 Å². The van der Waals surface area contributed by atoms with Gasteiger partial charge in [-0.2, -0.15) is 0 Å². The molecule has 1 amide bonds. The Bertz CT molecular complexity index is 208. The van der Waals surface area contributed by atoms with Crippen molar-refractivity contribution in [2.75, 3.05) is 13.1 Å². The van der Waals surface area contributed by atoms with E-state index >= 15 is 0 Å². The first-order valence-electron chi connectivity index (χ1n) is 6.08. The molecule has 1 heterocycles. The minimum Gasteiger partial charge on any atom is -0.356 e. The van der Waals surface area contributed by atoms with Gasteiger partial charge in [0.05, 0.1) is 0 Å². The first kappa shape index (κ1) is 12.5. The number of hydrogen-bond donors (Lipinski definition) is 2. The van der Waals surface area contributed by atoms with Gasteiger partial charge in [-0.3, -0.25) is 4.79 Å². The number of carbonyl (C=O) groups is 1. The lowest BCUT2D eigenvalue weighted by atomic mass is 9.89. The Morgan fingerprint density at radius 1 is 1.53 bits per heavy atom. The van der Waals surface area contributed by atoms with Gasteiger partial charge in [-0.25, -0.2) is 0 Å². The highest BCUT2D eigenvalue weighted by Gasteiger charge is 2.24. The zero-order valence-corrected chi connectivity index (χ0v) is 10.2. The summed E-state index contributed by atoms with van der Waals surface area (Å²) in [6, 6.07) is 0.620. The van der Waals surface area contributed by atoms with Crippen molar-refractivity contribution >= 4 is 5.91 Å². The molecule has 1 atom stereocenters. The van der Waals surface area contributed by atoms with E-state index in [-0.39, 0.29) is 11.3 Å². The fourth-order valence-electron chi connectivity index (χ4n) is 1.76. The largest absolute Gasteiger partial charge is 0.356 e. The number of nitrogens with one attached hydrogen (secondary N) is 2. The van der Waals surface area contributed by atoms with E-state index in [0.29, 0.717) is 6.04 Å². The molecule has 0 aromatic rings. The molecular weight excluding hydrogens is 188 g/mol. The van der Waals surface area contributed by atoms with Crippen LogP contribution in [0.4, 0.5) is 0 Å². The third kappa shape index (κ3) is 3.82. The Labute approximate surface area is 93.0 Å². The van der Waals surface area contributed by atoms with E-state index in [1.165, 1.54) is 12.8 Å². The molecule has 0 radical (unpaired) electrons. The summed E-state index contributed by atoms with van der Waals surface area (Å²) in [6.07, 6.45) is 4.48. The second-order valence-electron chi connectivity index (χ2n) is 5.08. The van der Waals surface area contributed by atoms with Crippen LogP contribution >= 0.6 is 0 Å². The number of amides is 1. The minimum atomic E-state index is -0.219. The molecule has 1 aliphatic heterocycles. The molecule has 15 heavy (non-hydrogen) atoms. The van der Waals surface area contributed by atoms with Gasteiger partial charge in [0.1, 0.15) is 0 Å². The molecule has 1 aliphatic rings. The van der Waals surface area contributed by atoms with Crippen molar-refractivity contribution in [1.29, 1.82) is 0 Å². The zero-order valence-electron chi connectivity index (χ0n) is 10.2. The molecule has 1 fully saturated rings. The average molecular weight is 212 g/mol. The lowest BCUT2D eigenvalue weighted by molar-refractivity contribution is -0.129. The first-order valence-corrected chi connectivity index (χ1v) is 6.08. The highest BCUT2D eigenvalue weighted by Crippen LogP contribution is 2.19. The van der Waals surface area contributed by atoms with Crippen LogP contribution in [-0.4, -0.2) is 25.0 Å². The Balaban J connectivity index is 2.16. The van der Waals surface area contributed by atoms with Crippen molar-refractivity contribution in [3.63, 3.8) is 0 Å². The average Bonchev–Trinajstić information content (AvgIpc) is 2.70. The predicted molar refractivity (Wildman–Crippen MR) is 62.7 cm³/mol. The van der Waals surface area contributed by atoms with Gasteiger partial charge in [-0.05, 0) is 32.2 Å². The van der Waals surface area contributed by atoms with E-state index in [9.17, 15) is 4.79 Å². The molecule has 2 N–H and O–H groups in total. The summed E-state index contributed by atoms with van der Waals surface area (Å²) in [5.41, 5.74) is -0.219. The van der Waals surface area contributed by atoms with Crippen molar-refractivity contribution in [2.45, 2.75) is 52.5 Å². The highest BCUT2D eigenvalue weighted by atomic mass is 16.2. The molecule has 0 bridgehead atoms. The second kappa shape index (κ2) is 5.50. The molecule has 1 saturated heterocycles. The van der Waals surface area contributed by atoms with Crippen LogP contribution in [0.3, 0.4) is 0 Å². The van der Waals surface area contributed by atoms with E-state index in [1.807, 2.05) is 13.8 Å². The number of rotatable bonds is 5. The summed E-state index contributed by atoms with van der Waals surface area (Å²) in [7, 11) is 0. The summed E-state index contributed by atoms with van der Waals surface area (Å²) < 4.78 is 0. The normalized spacial score (nSPS) is 21.7. The number of hydrogen-bond acceptors (Lipinski definition) is 2. The van der Waals surface area contributed by atoms with Crippen LogP contribution < -0.4 is 10.6 Å². The van der Waals surface area contributed by atoms with Crippen LogP contribution in [0.5, 0.6) is 0 Å². The highest BCUT2D eigenvalue weighted by molar-refractivity contribution is 5.81. The zero-order chi connectivity index (χ0) is 11.3. The number of carbonyl (C=O) groups excluding carboxylic acids is 1. The molecule has 0 aromatic carbocycles. The molecule has 3 nitrogen and oxygen atoms in total. The van der Waals surface area contributed by atoms with Gasteiger partial charge in [0.25, 0.3) is 0 Å². The van der Waals surface area contributed by atoms with E-state index < -0.39 is 0 Å². The molecule has 0 saturated carbocycles. The third-order valence-electron chi connectivity index (χ3n) is 3.44. The maximum absolute atomic E-state index is 11.7. The van der Waals surface area contributed by atoms with Gasteiger partial charge in [-0.15, -0.1) is 0 Å². The monoisotopic (exact) mass is 212 g/mol. The summed E-state index contributed by atoms with van der Waals surface area (Å²) >= 11 is 0. The quantitative estimate of drug-likeness (QED) is 0.728. The van der Waals surface area contributed by atoms with Gasteiger partial charge >= 0.3 is 0 Å². The van der Waals surface area contributed by atoms with E-state index in [4.69, 9.17) is 0 Å². The van der Waals surface area contributed by atoms with E-state index in [1.54, 1.807) is 0 Å². The van der Waals surface area contributed by atoms with E-state index in [0.717, 1.165) is 25.9 Å². The van der Waals surface area contributed by atoms with Crippen LogP contribution in [0, 0.1) is 5.41 Å². The van der Waals surface area contributed by atoms with Crippen molar-refractivity contribution in [2.24, 2.45) is 5.41 Å². The molecular formula is C12H24N2O. The lowest BCUT2D eigenvalue weighted by Crippen LogP contribution is -2.38. The van der Waals surface area contributed by atoms with Crippen LogP contribution in [0.25, 0.3) is 0 Å². The first-order chi connectivity index (χ1) is 7.06. The fraction of sp³-hybridized carbons (Fsp3) is 0.917. The van der Waals surface area contributed by atoms with Gasteiger partial charge in [0.2, 0.25) is 5.91 Å². The molecule has 0 aliphatic carbocycles. The second-order valence-corrected chi connectivity index (χ2v) is 5.08. The van der Waals surface area contributed by atoms with E-state index in [2.05, 4.69) is 17.6 Å². The molecule has 1 rings (SSSR count). The van der Waals surface area contributed by atoms with Crippen LogP contribution in [0.15, 0.2) is 0 Å². The summed E-state index contributed by atoms with van der Waals surface area (Å²) in [5.74, 6) is 0.183. The molecule has 0 spiro atoms. The molecule has 1 unspecified atom stereocenters. The fourth-order valence-corrected chi connectivity index (χ4v) is 1.76. The van der Waals surface area contributed by atoms with Crippen LogP contribution in [0.1, 0.15) is 46.5 Å². The Kier molecular flexibility index (Phi) is 4.58. The summed E-state index contributed by atoms with van der Waals surface area (Å²) in [6.45, 7) is 7.99. The smallest absolute Gasteiger partial charge is 0.225 e. The van der Waals surface area contributed by atoms with Gasteiger partial charge in [0.15, 0.2) is 0 Å². The molecule has 3 heteroatoms. The van der Waals surface area contributed by atoms with Crippen LogP contribution in [-0.2, 0) is 4.79 Å². The van der Waals surface area contributed by atoms with Gasteiger partial charge in [-0.1, -0.05) is 20.8 Å². The maximum Gasteiger partial charge on any atom is 0.225 e. The van der Waals surface area contributed by atoms with Gasteiger partial charge in [0, 0.05) is 18.0 Å². The minimum absolute atomic E-state index is 0.183. The standard InChI is InChI=1S/C12H24N2O/c1-4-12(2,3)11(15)14-9-7-10-6-5-8-13-10/h10,13H,4-9H2,1-3H3,(H,14,15). The Morgan fingerprint density at radius 2 is 2.27 bits per heavy atom. The van der Waals surface area contributed by atoms with Crippen molar-refractivity contribution in [3.05, 3.63) is 0 Å². The van der Waals surface area contributed by atoms with Crippen molar-refractivity contribution in [3.8, 4) is 0 Å². The predicted octanol–water partition coefficient (Wildman–Crippen LogP) is 1.68. The maximum atomic E-state index is 11.7. The Morgan fingerprint density at radius 3 is 2.80 bits per heavy atom.